The first kappa shape index (κ1) is 27.5. The zero-order valence-electron chi connectivity index (χ0n) is 21.8. The molecule has 0 fully saturated rings. The van der Waals surface area contributed by atoms with Gasteiger partial charge in [-0.15, -0.1) is 0 Å². The van der Waals surface area contributed by atoms with Crippen LogP contribution in [0.2, 0.25) is 0 Å². The largest absolute Gasteiger partial charge is 0.236 e. The normalized spacial score (nSPS) is 11.2. The number of hydrogen-bond donors (Lipinski definition) is 0. The van der Waals surface area contributed by atoms with E-state index in [0.29, 0.717) is 0 Å². The average molecular weight is 451 g/mol. The molecule has 0 aliphatic carbocycles. The Hall–Kier alpha value is -1.70. The van der Waals surface area contributed by atoms with Crippen LogP contribution in [0.1, 0.15) is 134 Å². The van der Waals surface area contributed by atoms with Crippen molar-refractivity contribution in [2.24, 2.45) is 0 Å². The molecule has 184 valence electrons. The standard InChI is InChI=1S/C31H50N2/c1-3-5-7-9-11-12-13-14-15-17-19-21-29-26-32-31(33-27-29)30-24-22-28(23-25-30)20-18-16-10-8-6-4-2/h22-27H,3-21H2,1-2H3. The summed E-state index contributed by atoms with van der Waals surface area (Å²) in [4.78, 5) is 9.28. The lowest BCUT2D eigenvalue weighted by Crippen LogP contribution is -1.94. The summed E-state index contributed by atoms with van der Waals surface area (Å²) in [6, 6.07) is 8.88. The Labute approximate surface area is 205 Å². The second-order valence-electron chi connectivity index (χ2n) is 9.92. The molecule has 0 atom stereocenters. The third-order valence-corrected chi connectivity index (χ3v) is 6.81. The van der Waals surface area contributed by atoms with Crippen molar-refractivity contribution in [3.05, 3.63) is 47.8 Å². The maximum absolute atomic E-state index is 4.64. The van der Waals surface area contributed by atoms with Gasteiger partial charge in [-0.25, -0.2) is 9.97 Å². The van der Waals surface area contributed by atoms with Crippen LogP contribution in [0, 0.1) is 0 Å². The molecule has 2 nitrogen and oxygen atoms in total. The van der Waals surface area contributed by atoms with Gasteiger partial charge in [0.25, 0.3) is 0 Å². The van der Waals surface area contributed by atoms with Crippen LogP contribution < -0.4 is 0 Å². The van der Waals surface area contributed by atoms with E-state index in [1.807, 2.05) is 12.4 Å². The van der Waals surface area contributed by atoms with Gasteiger partial charge in [0, 0.05) is 18.0 Å². The van der Waals surface area contributed by atoms with Crippen molar-refractivity contribution in [3.63, 3.8) is 0 Å². The van der Waals surface area contributed by atoms with Gasteiger partial charge in [0.05, 0.1) is 0 Å². The molecule has 0 spiro atoms. The summed E-state index contributed by atoms with van der Waals surface area (Å²) in [5.41, 5.74) is 3.83. The minimum atomic E-state index is 0.851. The quantitative estimate of drug-likeness (QED) is 0.187. The lowest BCUT2D eigenvalue weighted by atomic mass is 10.0. The summed E-state index contributed by atoms with van der Waals surface area (Å²) >= 11 is 0. The Morgan fingerprint density at radius 3 is 1.30 bits per heavy atom. The lowest BCUT2D eigenvalue weighted by Gasteiger charge is -2.06. The predicted molar refractivity (Wildman–Crippen MR) is 145 cm³/mol. The van der Waals surface area contributed by atoms with Crippen LogP contribution in [0.25, 0.3) is 11.4 Å². The highest BCUT2D eigenvalue weighted by atomic mass is 14.9. The van der Waals surface area contributed by atoms with E-state index >= 15 is 0 Å². The first-order valence-corrected chi connectivity index (χ1v) is 14.2. The summed E-state index contributed by atoms with van der Waals surface area (Å²) < 4.78 is 0. The fraction of sp³-hybridized carbons (Fsp3) is 0.677. The summed E-state index contributed by atoms with van der Waals surface area (Å²) in [5.74, 6) is 0.851. The van der Waals surface area contributed by atoms with Crippen LogP contribution in [0.3, 0.4) is 0 Å². The molecule has 1 aromatic heterocycles. The molecule has 33 heavy (non-hydrogen) atoms. The second-order valence-corrected chi connectivity index (χ2v) is 9.92. The van der Waals surface area contributed by atoms with Crippen LogP contribution in [-0.2, 0) is 12.8 Å². The molecule has 1 aromatic carbocycles. The molecule has 0 N–H and O–H groups in total. The van der Waals surface area contributed by atoms with E-state index in [4.69, 9.17) is 0 Å². The fourth-order valence-corrected chi connectivity index (χ4v) is 4.56. The number of aryl methyl sites for hydroxylation is 2. The highest BCUT2D eigenvalue weighted by Crippen LogP contribution is 2.18. The molecule has 0 saturated heterocycles. The van der Waals surface area contributed by atoms with Crippen LogP contribution >= 0.6 is 0 Å². The van der Waals surface area contributed by atoms with Crippen molar-refractivity contribution in [2.75, 3.05) is 0 Å². The van der Waals surface area contributed by atoms with E-state index in [1.54, 1.807) is 0 Å². The van der Waals surface area contributed by atoms with Crippen molar-refractivity contribution >= 4 is 0 Å². The van der Waals surface area contributed by atoms with Crippen LogP contribution in [0.15, 0.2) is 36.7 Å². The monoisotopic (exact) mass is 450 g/mol. The van der Waals surface area contributed by atoms with Gasteiger partial charge in [0.1, 0.15) is 0 Å². The van der Waals surface area contributed by atoms with Crippen LogP contribution in [0.4, 0.5) is 0 Å². The molecule has 0 unspecified atom stereocenters. The molecule has 2 heteroatoms. The van der Waals surface area contributed by atoms with Crippen molar-refractivity contribution in [1.29, 1.82) is 0 Å². The number of unbranched alkanes of at least 4 members (excludes halogenated alkanes) is 15. The Balaban J connectivity index is 1.57. The molecule has 0 aliphatic heterocycles. The molecule has 1 heterocycles. The molecule has 0 amide bonds. The molecule has 0 bridgehead atoms. The van der Waals surface area contributed by atoms with E-state index in [2.05, 4.69) is 48.1 Å². The van der Waals surface area contributed by atoms with Crippen molar-refractivity contribution in [3.8, 4) is 11.4 Å². The predicted octanol–water partition coefficient (Wildman–Crippen LogP) is 9.90. The van der Waals surface area contributed by atoms with Crippen LogP contribution in [0.5, 0.6) is 0 Å². The van der Waals surface area contributed by atoms with E-state index in [0.717, 1.165) is 17.8 Å². The average Bonchev–Trinajstić information content (AvgIpc) is 2.85. The third kappa shape index (κ3) is 12.9. The van der Waals surface area contributed by atoms with E-state index < -0.39 is 0 Å². The molecule has 2 aromatic rings. The zero-order chi connectivity index (χ0) is 23.4. The number of nitrogens with zero attached hydrogens (tertiary/aromatic N) is 2. The maximum atomic E-state index is 4.64. The summed E-state index contributed by atoms with van der Waals surface area (Å²) in [6.45, 7) is 4.56. The van der Waals surface area contributed by atoms with Gasteiger partial charge in [-0.05, 0) is 36.8 Å². The minimum Gasteiger partial charge on any atom is -0.236 e. The summed E-state index contributed by atoms with van der Waals surface area (Å²) in [6.07, 6.45) is 29.8. The summed E-state index contributed by atoms with van der Waals surface area (Å²) in [5, 5.41) is 0. The second kappa shape index (κ2) is 18.7. The zero-order valence-corrected chi connectivity index (χ0v) is 21.8. The molecule has 0 aliphatic rings. The highest BCUT2D eigenvalue weighted by molar-refractivity contribution is 5.55. The van der Waals surface area contributed by atoms with Gasteiger partial charge < -0.3 is 0 Å². The first-order valence-electron chi connectivity index (χ1n) is 14.2. The maximum Gasteiger partial charge on any atom is 0.159 e. The highest BCUT2D eigenvalue weighted by Gasteiger charge is 2.03. The SMILES string of the molecule is CCCCCCCCCCCCCc1cnc(-c2ccc(CCCCCCCC)cc2)nc1. The number of rotatable bonds is 20. The first-order chi connectivity index (χ1) is 16.3. The van der Waals surface area contributed by atoms with Gasteiger partial charge >= 0.3 is 0 Å². The summed E-state index contributed by atoms with van der Waals surface area (Å²) in [7, 11) is 0. The molecular weight excluding hydrogens is 400 g/mol. The van der Waals surface area contributed by atoms with Crippen molar-refractivity contribution in [2.45, 2.75) is 136 Å². The van der Waals surface area contributed by atoms with Gasteiger partial charge in [-0.1, -0.05) is 134 Å². The smallest absolute Gasteiger partial charge is 0.159 e. The Kier molecular flexibility index (Phi) is 15.6. The number of benzene rings is 1. The van der Waals surface area contributed by atoms with Gasteiger partial charge in [-0.2, -0.15) is 0 Å². The molecule has 0 radical (unpaired) electrons. The Bertz CT molecular complexity index is 690. The Morgan fingerprint density at radius 2 is 0.848 bits per heavy atom. The van der Waals surface area contributed by atoms with Gasteiger partial charge in [0.15, 0.2) is 5.82 Å². The minimum absolute atomic E-state index is 0.851. The molecule has 0 saturated carbocycles. The lowest BCUT2D eigenvalue weighted by molar-refractivity contribution is 0.549. The van der Waals surface area contributed by atoms with Crippen molar-refractivity contribution in [1.82, 2.24) is 9.97 Å². The van der Waals surface area contributed by atoms with Crippen LogP contribution in [-0.4, -0.2) is 9.97 Å². The molecular formula is C31H50N2. The fourth-order valence-electron chi connectivity index (χ4n) is 4.56. The van der Waals surface area contributed by atoms with E-state index in [9.17, 15) is 0 Å². The Morgan fingerprint density at radius 1 is 0.455 bits per heavy atom. The van der Waals surface area contributed by atoms with E-state index in [-0.39, 0.29) is 0 Å². The topological polar surface area (TPSA) is 25.8 Å². The van der Waals surface area contributed by atoms with E-state index in [1.165, 1.54) is 127 Å². The van der Waals surface area contributed by atoms with Gasteiger partial charge in [0.2, 0.25) is 0 Å². The number of hydrogen-bond acceptors (Lipinski definition) is 2. The van der Waals surface area contributed by atoms with Gasteiger partial charge in [-0.3, -0.25) is 0 Å². The molecule has 2 rings (SSSR count). The third-order valence-electron chi connectivity index (χ3n) is 6.81. The number of aromatic nitrogens is 2. The van der Waals surface area contributed by atoms with Crippen molar-refractivity contribution < 1.29 is 0 Å².